The lowest BCUT2D eigenvalue weighted by Gasteiger charge is -2.32. The van der Waals surface area contributed by atoms with Gasteiger partial charge in [0.1, 0.15) is 11.4 Å². The Morgan fingerprint density at radius 3 is 2.14 bits per heavy atom. The maximum Gasteiger partial charge on any atom is 0.407 e. The van der Waals surface area contributed by atoms with Gasteiger partial charge in [0.2, 0.25) is 0 Å². The van der Waals surface area contributed by atoms with E-state index in [-0.39, 0.29) is 30.0 Å². The van der Waals surface area contributed by atoms with Crippen LogP contribution in [0.15, 0.2) is 0 Å². The molecular formula is C16H27NO4. The second-order valence-electron chi connectivity index (χ2n) is 8.10. The molecule has 5 heteroatoms. The summed E-state index contributed by atoms with van der Waals surface area (Å²) in [5.74, 6) is -0.118. The fourth-order valence-electron chi connectivity index (χ4n) is 3.14. The van der Waals surface area contributed by atoms with E-state index >= 15 is 0 Å². The Morgan fingerprint density at radius 2 is 1.62 bits per heavy atom. The van der Waals surface area contributed by atoms with E-state index in [0.717, 1.165) is 12.8 Å². The van der Waals surface area contributed by atoms with Crippen molar-refractivity contribution in [3.63, 3.8) is 0 Å². The van der Waals surface area contributed by atoms with Crippen LogP contribution in [0.2, 0.25) is 0 Å². The molecule has 0 radical (unpaired) electrons. The van der Waals surface area contributed by atoms with Gasteiger partial charge in [-0.1, -0.05) is 20.8 Å². The van der Waals surface area contributed by atoms with Crippen LogP contribution in [0.1, 0.15) is 54.4 Å². The summed E-state index contributed by atoms with van der Waals surface area (Å²) in [7, 11) is 0. The summed E-state index contributed by atoms with van der Waals surface area (Å²) < 4.78 is 11.2. The molecule has 0 unspecified atom stereocenters. The van der Waals surface area contributed by atoms with Crippen LogP contribution in [0.5, 0.6) is 0 Å². The van der Waals surface area contributed by atoms with Gasteiger partial charge in [-0.2, -0.15) is 0 Å². The normalized spacial score (nSPS) is 32.1. The van der Waals surface area contributed by atoms with Crippen molar-refractivity contribution in [1.29, 1.82) is 0 Å². The van der Waals surface area contributed by atoms with Crippen LogP contribution in [-0.2, 0) is 14.3 Å². The fraction of sp³-hybridized carbons (Fsp3) is 0.875. The van der Waals surface area contributed by atoms with E-state index in [2.05, 4.69) is 5.32 Å². The quantitative estimate of drug-likeness (QED) is 0.851. The fourth-order valence-corrected chi connectivity index (χ4v) is 3.14. The molecule has 0 aromatic rings. The van der Waals surface area contributed by atoms with E-state index in [4.69, 9.17) is 9.47 Å². The molecule has 2 aliphatic heterocycles. The van der Waals surface area contributed by atoms with Crippen molar-refractivity contribution in [3.8, 4) is 0 Å². The molecule has 1 N–H and O–H groups in total. The Labute approximate surface area is 126 Å². The van der Waals surface area contributed by atoms with Crippen LogP contribution in [0.3, 0.4) is 0 Å². The molecule has 1 amide bonds. The van der Waals surface area contributed by atoms with E-state index in [1.807, 2.05) is 41.5 Å². The minimum absolute atomic E-state index is 0.0679. The van der Waals surface area contributed by atoms with Crippen LogP contribution in [0.4, 0.5) is 4.79 Å². The van der Waals surface area contributed by atoms with Crippen molar-refractivity contribution >= 4 is 11.9 Å². The largest absolute Gasteiger partial charge is 0.444 e. The molecule has 2 saturated heterocycles. The van der Waals surface area contributed by atoms with Crippen molar-refractivity contribution in [1.82, 2.24) is 5.32 Å². The van der Waals surface area contributed by atoms with Gasteiger partial charge < -0.3 is 14.8 Å². The number of alkyl carbamates (subject to hydrolysis) is 1. The first kappa shape index (κ1) is 16.3. The second-order valence-corrected chi connectivity index (χ2v) is 8.10. The lowest BCUT2D eigenvalue weighted by Crippen LogP contribution is -2.52. The minimum atomic E-state index is -0.550. The number of hydrogen-bond acceptors (Lipinski definition) is 4. The Morgan fingerprint density at radius 1 is 1.05 bits per heavy atom. The number of rotatable bonds is 2. The van der Waals surface area contributed by atoms with E-state index in [9.17, 15) is 9.59 Å². The molecule has 120 valence electrons. The second kappa shape index (κ2) is 5.27. The summed E-state index contributed by atoms with van der Waals surface area (Å²) in [5, 5.41) is 2.86. The van der Waals surface area contributed by atoms with Crippen molar-refractivity contribution in [2.45, 2.75) is 78.2 Å². The summed E-state index contributed by atoms with van der Waals surface area (Å²) in [4.78, 5) is 24.7. The van der Waals surface area contributed by atoms with Crippen LogP contribution in [-0.4, -0.2) is 35.7 Å². The number of ketones is 1. The highest BCUT2D eigenvalue weighted by Crippen LogP contribution is 2.42. The van der Waals surface area contributed by atoms with Gasteiger partial charge in [0.25, 0.3) is 0 Å². The predicted molar refractivity (Wildman–Crippen MR) is 79.0 cm³/mol. The molecule has 0 aromatic heterocycles. The third-order valence-corrected chi connectivity index (χ3v) is 4.00. The monoisotopic (exact) mass is 297 g/mol. The first-order valence-corrected chi connectivity index (χ1v) is 7.68. The number of carbonyl (C=O) groups is 2. The molecule has 5 nitrogen and oxygen atoms in total. The van der Waals surface area contributed by atoms with Gasteiger partial charge in [0.15, 0.2) is 0 Å². The average Bonchev–Trinajstić information content (AvgIpc) is 2.84. The SMILES string of the molecule is CC(C)(C)OC(=O)N[C@H]1[C@@H](C(=O)C(C)(C)C)[C@@H]2CC[C@H]1O2. The maximum absolute atomic E-state index is 12.7. The number of fused-ring (bicyclic) bond motifs is 2. The highest BCUT2D eigenvalue weighted by molar-refractivity contribution is 5.88. The minimum Gasteiger partial charge on any atom is -0.444 e. The van der Waals surface area contributed by atoms with Gasteiger partial charge in [-0.3, -0.25) is 4.79 Å². The molecule has 2 fully saturated rings. The van der Waals surface area contributed by atoms with Gasteiger partial charge in [0, 0.05) is 5.41 Å². The molecular weight excluding hydrogens is 270 g/mol. The Hall–Kier alpha value is -1.10. The van der Waals surface area contributed by atoms with Crippen LogP contribution in [0, 0.1) is 11.3 Å². The van der Waals surface area contributed by atoms with Crippen LogP contribution < -0.4 is 5.32 Å². The molecule has 2 aliphatic rings. The van der Waals surface area contributed by atoms with E-state index in [1.54, 1.807) is 0 Å². The zero-order chi connectivity index (χ0) is 16.0. The van der Waals surface area contributed by atoms with Crippen molar-refractivity contribution in [2.75, 3.05) is 0 Å². The highest BCUT2D eigenvalue weighted by atomic mass is 16.6. The van der Waals surface area contributed by atoms with Gasteiger partial charge in [-0.15, -0.1) is 0 Å². The topological polar surface area (TPSA) is 64.6 Å². The standard InChI is InChI=1S/C16H27NO4/c1-15(2,3)13(18)11-9-7-8-10(20-9)12(11)17-14(19)21-16(4,5)6/h9-12H,7-8H2,1-6H3,(H,17,19)/t9-,10+,11-,12+/m0/s1. The van der Waals surface area contributed by atoms with E-state index < -0.39 is 17.1 Å². The molecule has 2 bridgehead atoms. The first-order valence-electron chi connectivity index (χ1n) is 7.68. The lowest BCUT2D eigenvalue weighted by atomic mass is 9.74. The summed E-state index contributed by atoms with van der Waals surface area (Å²) in [5.41, 5.74) is -0.988. The average molecular weight is 297 g/mol. The number of Topliss-reactive ketones (excluding diaryl/α,β-unsaturated/α-hetero) is 1. The Kier molecular flexibility index (Phi) is 4.08. The number of nitrogens with one attached hydrogen (secondary N) is 1. The van der Waals surface area contributed by atoms with Crippen molar-refractivity contribution in [2.24, 2.45) is 11.3 Å². The lowest BCUT2D eigenvalue weighted by molar-refractivity contribution is -0.132. The zero-order valence-electron chi connectivity index (χ0n) is 13.9. The molecule has 2 rings (SSSR count). The third-order valence-electron chi connectivity index (χ3n) is 4.00. The molecule has 0 aromatic carbocycles. The predicted octanol–water partition coefficient (Wildman–Crippen LogP) is 2.67. The molecule has 0 saturated carbocycles. The molecule has 0 spiro atoms. The summed E-state index contributed by atoms with van der Waals surface area (Å²) in [6, 6.07) is -0.273. The smallest absolute Gasteiger partial charge is 0.407 e. The van der Waals surface area contributed by atoms with Crippen LogP contribution >= 0.6 is 0 Å². The molecule has 4 atom stereocenters. The van der Waals surface area contributed by atoms with Gasteiger partial charge >= 0.3 is 6.09 Å². The van der Waals surface area contributed by atoms with Crippen molar-refractivity contribution in [3.05, 3.63) is 0 Å². The highest BCUT2D eigenvalue weighted by Gasteiger charge is 2.54. The Balaban J connectivity index is 2.10. The maximum atomic E-state index is 12.7. The summed E-state index contributed by atoms with van der Waals surface area (Å²) in [6.07, 6.45) is 1.17. The van der Waals surface area contributed by atoms with Gasteiger partial charge in [-0.05, 0) is 33.6 Å². The first-order chi connectivity index (χ1) is 9.49. The third kappa shape index (κ3) is 3.57. The van der Waals surface area contributed by atoms with E-state index in [1.165, 1.54) is 0 Å². The number of ether oxygens (including phenoxy) is 2. The number of amides is 1. The number of hydrogen-bond donors (Lipinski definition) is 1. The number of carbonyl (C=O) groups excluding carboxylic acids is 2. The Bertz CT molecular complexity index is 433. The summed E-state index contributed by atoms with van der Waals surface area (Å²) in [6.45, 7) is 11.2. The van der Waals surface area contributed by atoms with E-state index in [0.29, 0.717) is 0 Å². The van der Waals surface area contributed by atoms with Gasteiger partial charge in [0.05, 0.1) is 24.2 Å². The molecule has 21 heavy (non-hydrogen) atoms. The van der Waals surface area contributed by atoms with Crippen molar-refractivity contribution < 1.29 is 19.1 Å². The molecule has 2 heterocycles. The van der Waals surface area contributed by atoms with Crippen LogP contribution in [0.25, 0.3) is 0 Å². The zero-order valence-corrected chi connectivity index (χ0v) is 13.9. The molecule has 0 aliphatic carbocycles. The summed E-state index contributed by atoms with van der Waals surface area (Å²) >= 11 is 0. The van der Waals surface area contributed by atoms with Gasteiger partial charge in [-0.25, -0.2) is 4.79 Å².